The van der Waals surface area contributed by atoms with Crippen molar-refractivity contribution in [2.75, 3.05) is 39.6 Å². The van der Waals surface area contributed by atoms with Gasteiger partial charge in [0.25, 0.3) is 0 Å². The fraction of sp³-hybridized carbons (Fsp3) is 0.600. The molecule has 0 fully saturated rings. The van der Waals surface area contributed by atoms with E-state index in [0.29, 0.717) is 26.4 Å². The van der Waals surface area contributed by atoms with Crippen molar-refractivity contribution in [3.8, 4) is 0 Å². The minimum atomic E-state index is 0.0829. The van der Waals surface area contributed by atoms with E-state index in [4.69, 9.17) is 19.3 Å². The molecule has 0 saturated carbocycles. The highest BCUT2D eigenvalue weighted by Gasteiger charge is 1.93. The normalized spacial score (nSPS) is 10.8. The van der Waals surface area contributed by atoms with Crippen molar-refractivity contribution in [2.24, 2.45) is 0 Å². The van der Waals surface area contributed by atoms with Gasteiger partial charge in [-0.3, -0.25) is 0 Å². The van der Waals surface area contributed by atoms with Crippen LogP contribution in [0.15, 0.2) is 30.3 Å². The first-order valence-corrected chi connectivity index (χ1v) is 6.81. The van der Waals surface area contributed by atoms with Gasteiger partial charge in [-0.15, -0.1) is 0 Å². The second-order valence-electron chi connectivity index (χ2n) is 4.19. The lowest BCUT2D eigenvalue weighted by Gasteiger charge is -2.06. The second-order valence-corrected chi connectivity index (χ2v) is 4.19. The van der Waals surface area contributed by atoms with E-state index in [0.717, 1.165) is 26.1 Å². The van der Waals surface area contributed by atoms with E-state index in [1.54, 1.807) is 0 Å². The Balaban J connectivity index is 1.79. The molecule has 0 saturated heterocycles. The van der Waals surface area contributed by atoms with Gasteiger partial charge in [0.05, 0.1) is 19.8 Å². The van der Waals surface area contributed by atoms with E-state index in [2.05, 4.69) is 12.1 Å². The van der Waals surface area contributed by atoms with Gasteiger partial charge in [0.2, 0.25) is 0 Å². The summed E-state index contributed by atoms with van der Waals surface area (Å²) < 4.78 is 16.1. The zero-order valence-corrected chi connectivity index (χ0v) is 11.4. The third kappa shape index (κ3) is 9.62. The Morgan fingerprint density at radius 2 is 1.32 bits per heavy atom. The highest BCUT2D eigenvalue weighted by molar-refractivity contribution is 5.13. The van der Waals surface area contributed by atoms with E-state index < -0.39 is 0 Å². The van der Waals surface area contributed by atoms with Crippen molar-refractivity contribution in [3.63, 3.8) is 0 Å². The minimum absolute atomic E-state index is 0.0829. The smallest absolute Gasteiger partial charge is 0.0716 e. The summed E-state index contributed by atoms with van der Waals surface area (Å²) in [4.78, 5) is 0. The number of ether oxygens (including phenoxy) is 3. The van der Waals surface area contributed by atoms with Crippen LogP contribution in [0.3, 0.4) is 0 Å². The van der Waals surface area contributed by atoms with E-state index in [1.165, 1.54) is 5.56 Å². The summed E-state index contributed by atoms with van der Waals surface area (Å²) in [6.07, 6.45) is 1.77. The topological polar surface area (TPSA) is 47.9 Å². The monoisotopic (exact) mass is 268 g/mol. The molecule has 0 aliphatic heterocycles. The lowest BCUT2D eigenvalue weighted by molar-refractivity contribution is 0.0511. The molecule has 108 valence electrons. The molecule has 0 bridgehead atoms. The second kappa shape index (κ2) is 12.1. The summed E-state index contributed by atoms with van der Waals surface area (Å²) in [6, 6.07) is 10.1. The van der Waals surface area contributed by atoms with Gasteiger partial charge < -0.3 is 19.3 Å². The Hall–Kier alpha value is -0.940. The molecule has 0 aromatic heterocycles. The first kappa shape index (κ1) is 16.1. The number of hydrogen-bond donors (Lipinski definition) is 1. The van der Waals surface area contributed by atoms with Crippen LogP contribution in [0.1, 0.15) is 18.4 Å². The molecule has 0 amide bonds. The maximum absolute atomic E-state index is 8.50. The molecular formula is C15H24O4. The number of hydrogen-bond acceptors (Lipinski definition) is 4. The first-order chi connectivity index (χ1) is 9.43. The molecule has 0 unspecified atom stereocenters. The molecule has 1 aromatic rings. The fourth-order valence-electron chi connectivity index (χ4n) is 1.56. The average Bonchev–Trinajstić information content (AvgIpc) is 2.46. The van der Waals surface area contributed by atoms with Crippen LogP contribution in [0, 0.1) is 0 Å². The van der Waals surface area contributed by atoms with Gasteiger partial charge in [-0.1, -0.05) is 30.3 Å². The van der Waals surface area contributed by atoms with Crippen LogP contribution < -0.4 is 0 Å². The van der Waals surface area contributed by atoms with Crippen LogP contribution >= 0.6 is 0 Å². The van der Waals surface area contributed by atoms with Crippen molar-refractivity contribution in [1.82, 2.24) is 0 Å². The van der Waals surface area contributed by atoms with Crippen molar-refractivity contribution >= 4 is 0 Å². The molecule has 4 nitrogen and oxygen atoms in total. The number of aliphatic hydroxyl groups excluding tert-OH is 1. The summed E-state index contributed by atoms with van der Waals surface area (Å²) in [7, 11) is 0. The Kier molecular flexibility index (Phi) is 10.3. The largest absolute Gasteiger partial charge is 0.394 e. The molecule has 0 spiro atoms. The third-order valence-corrected chi connectivity index (χ3v) is 2.50. The lowest BCUT2D eigenvalue weighted by Crippen LogP contribution is -2.06. The molecular weight excluding hydrogens is 244 g/mol. The predicted octanol–water partition coefficient (Wildman–Crippen LogP) is 2.01. The van der Waals surface area contributed by atoms with Gasteiger partial charge in [0.15, 0.2) is 0 Å². The zero-order chi connectivity index (χ0) is 13.6. The number of aliphatic hydroxyl groups is 1. The predicted molar refractivity (Wildman–Crippen MR) is 74.1 cm³/mol. The van der Waals surface area contributed by atoms with Gasteiger partial charge in [0, 0.05) is 26.4 Å². The van der Waals surface area contributed by atoms with E-state index in [1.807, 2.05) is 18.2 Å². The van der Waals surface area contributed by atoms with E-state index >= 15 is 0 Å². The van der Waals surface area contributed by atoms with E-state index in [9.17, 15) is 0 Å². The average molecular weight is 268 g/mol. The molecule has 0 radical (unpaired) electrons. The summed E-state index contributed by atoms with van der Waals surface area (Å²) in [6.45, 7) is 3.93. The fourth-order valence-corrected chi connectivity index (χ4v) is 1.56. The highest BCUT2D eigenvalue weighted by Crippen LogP contribution is 2.00. The molecule has 1 N–H and O–H groups in total. The molecule has 0 aliphatic rings. The maximum Gasteiger partial charge on any atom is 0.0716 e. The van der Waals surface area contributed by atoms with E-state index in [-0.39, 0.29) is 6.61 Å². The summed E-state index contributed by atoms with van der Waals surface area (Å²) in [5, 5.41) is 8.50. The van der Waals surface area contributed by atoms with Crippen molar-refractivity contribution in [2.45, 2.75) is 19.4 Å². The van der Waals surface area contributed by atoms with Crippen molar-refractivity contribution in [3.05, 3.63) is 35.9 Å². The number of rotatable bonds is 12. The van der Waals surface area contributed by atoms with Gasteiger partial charge in [-0.05, 0) is 18.4 Å². The van der Waals surface area contributed by atoms with Crippen LogP contribution in [0.5, 0.6) is 0 Å². The lowest BCUT2D eigenvalue weighted by atomic mass is 10.2. The first-order valence-electron chi connectivity index (χ1n) is 6.81. The van der Waals surface area contributed by atoms with Crippen molar-refractivity contribution < 1.29 is 19.3 Å². The third-order valence-electron chi connectivity index (χ3n) is 2.50. The minimum Gasteiger partial charge on any atom is -0.394 e. The van der Waals surface area contributed by atoms with Crippen molar-refractivity contribution in [1.29, 1.82) is 0 Å². The molecule has 4 heteroatoms. The van der Waals surface area contributed by atoms with Crippen LogP contribution in [-0.2, 0) is 20.8 Å². The Morgan fingerprint density at radius 3 is 1.95 bits per heavy atom. The molecule has 1 rings (SSSR count). The highest BCUT2D eigenvalue weighted by atomic mass is 16.5. The van der Waals surface area contributed by atoms with Gasteiger partial charge >= 0.3 is 0 Å². The molecule has 19 heavy (non-hydrogen) atoms. The van der Waals surface area contributed by atoms with Gasteiger partial charge in [-0.2, -0.15) is 0 Å². The Labute approximate surface area is 115 Å². The Morgan fingerprint density at radius 1 is 0.737 bits per heavy atom. The van der Waals surface area contributed by atoms with Crippen LogP contribution in [0.2, 0.25) is 0 Å². The molecule has 0 atom stereocenters. The molecule has 1 aromatic carbocycles. The molecule has 0 aliphatic carbocycles. The summed E-state index contributed by atoms with van der Waals surface area (Å²) >= 11 is 0. The van der Waals surface area contributed by atoms with Crippen LogP contribution in [-0.4, -0.2) is 44.7 Å². The van der Waals surface area contributed by atoms with Gasteiger partial charge in [0.1, 0.15) is 0 Å². The zero-order valence-electron chi connectivity index (χ0n) is 11.4. The van der Waals surface area contributed by atoms with Gasteiger partial charge in [-0.25, -0.2) is 0 Å². The SMILES string of the molecule is OCCOCCCOCCCOCc1ccccc1. The summed E-state index contributed by atoms with van der Waals surface area (Å²) in [5.74, 6) is 0. The quantitative estimate of drug-likeness (QED) is 0.589. The Bertz CT molecular complexity index is 289. The molecule has 0 heterocycles. The number of benzene rings is 1. The standard InChI is InChI=1S/C15H24O4/c16-8-13-18-11-4-9-17-10-5-12-19-14-15-6-2-1-3-7-15/h1-3,6-7,16H,4-5,8-14H2. The van der Waals surface area contributed by atoms with Crippen LogP contribution in [0.4, 0.5) is 0 Å². The summed E-state index contributed by atoms with van der Waals surface area (Å²) in [5.41, 5.74) is 1.20. The maximum atomic E-state index is 8.50. The van der Waals surface area contributed by atoms with Crippen LogP contribution in [0.25, 0.3) is 0 Å².